The fourth-order valence-corrected chi connectivity index (χ4v) is 3.82. The Hall–Kier alpha value is -0.980. The van der Waals surface area contributed by atoms with Gasteiger partial charge in [-0.2, -0.15) is 13.2 Å². The maximum absolute atomic E-state index is 13.0. The highest BCUT2D eigenvalue weighted by Gasteiger charge is 2.34. The van der Waals surface area contributed by atoms with Gasteiger partial charge in [-0.25, -0.2) is 5.01 Å². The Bertz CT molecular complexity index is 726. The summed E-state index contributed by atoms with van der Waals surface area (Å²) >= 11 is 6.18. The molecule has 0 unspecified atom stereocenters. The molecule has 0 saturated carbocycles. The molecule has 0 bridgehead atoms. The molecule has 2 aromatic rings. The summed E-state index contributed by atoms with van der Waals surface area (Å²) in [6, 6.07) is 13.4. The van der Waals surface area contributed by atoms with Crippen LogP contribution in [0.2, 0.25) is 5.02 Å². The van der Waals surface area contributed by atoms with E-state index in [-0.39, 0.29) is 36.8 Å². The number of hydrogen-bond acceptors (Lipinski definition) is 2. The number of hydrazine groups is 1. The van der Waals surface area contributed by atoms with Crippen LogP contribution in [0, 0.1) is 5.92 Å². The Balaban J connectivity index is 0.00000182. The second-order valence-corrected chi connectivity index (χ2v) is 6.91. The molecule has 1 aliphatic heterocycles. The fraction of sp³-hybridized carbons (Fsp3) is 0.368. The molecule has 0 radical (unpaired) electrons. The van der Waals surface area contributed by atoms with Crippen molar-refractivity contribution >= 4 is 36.4 Å². The van der Waals surface area contributed by atoms with Crippen molar-refractivity contribution < 1.29 is 13.2 Å². The normalized spacial score (nSPS) is 20.5. The molecule has 3 rings (SSSR count). The first-order valence-electron chi connectivity index (χ1n) is 8.28. The highest BCUT2D eigenvalue weighted by molar-refractivity contribution is 6.31. The van der Waals surface area contributed by atoms with Crippen molar-refractivity contribution in [1.82, 2.24) is 5.01 Å². The highest BCUT2D eigenvalue weighted by atomic mass is 35.5. The Morgan fingerprint density at radius 3 is 2.37 bits per heavy atom. The van der Waals surface area contributed by atoms with E-state index in [0.29, 0.717) is 17.0 Å². The predicted octanol–water partition coefficient (Wildman–Crippen LogP) is 6.07. The highest BCUT2D eigenvalue weighted by Crippen LogP contribution is 2.38. The van der Waals surface area contributed by atoms with Gasteiger partial charge in [0.05, 0.1) is 11.6 Å². The molecule has 2 N–H and O–H groups in total. The maximum atomic E-state index is 13.0. The van der Waals surface area contributed by atoms with Crippen LogP contribution >= 0.6 is 36.4 Å². The van der Waals surface area contributed by atoms with Gasteiger partial charge in [0.15, 0.2) is 0 Å². The predicted molar refractivity (Wildman–Crippen MR) is 107 cm³/mol. The lowest BCUT2D eigenvalue weighted by atomic mass is 9.81. The lowest BCUT2D eigenvalue weighted by Crippen LogP contribution is -2.44. The molecular formula is C19H22Cl3F3N2. The van der Waals surface area contributed by atoms with Crippen molar-refractivity contribution in [2.24, 2.45) is 11.8 Å². The van der Waals surface area contributed by atoms with E-state index in [0.717, 1.165) is 31.0 Å². The summed E-state index contributed by atoms with van der Waals surface area (Å²) in [7, 11) is 0. The van der Waals surface area contributed by atoms with Crippen LogP contribution in [0.5, 0.6) is 0 Å². The third kappa shape index (κ3) is 5.75. The molecule has 0 aromatic heterocycles. The third-order valence-electron chi connectivity index (χ3n) is 4.79. The maximum Gasteiger partial charge on any atom is 0.416 e. The molecule has 2 aromatic carbocycles. The molecule has 8 heteroatoms. The van der Waals surface area contributed by atoms with E-state index in [4.69, 9.17) is 17.4 Å². The molecule has 0 aliphatic carbocycles. The van der Waals surface area contributed by atoms with Gasteiger partial charge in [-0.05, 0) is 54.5 Å². The van der Waals surface area contributed by atoms with Crippen LogP contribution in [0.1, 0.15) is 35.6 Å². The molecule has 150 valence electrons. The van der Waals surface area contributed by atoms with E-state index >= 15 is 0 Å². The van der Waals surface area contributed by atoms with Crippen LogP contribution in [-0.4, -0.2) is 11.6 Å². The van der Waals surface area contributed by atoms with Gasteiger partial charge in [0.25, 0.3) is 0 Å². The Morgan fingerprint density at radius 2 is 1.74 bits per heavy atom. The average Bonchev–Trinajstić information content (AvgIpc) is 2.57. The van der Waals surface area contributed by atoms with Gasteiger partial charge in [0, 0.05) is 11.6 Å². The standard InChI is InChI=1S/C19H20ClF3N2.2ClH/c20-17-9-8-16(19(21,22)23)12-15(17)11-14-7-4-10-25(24)18(14)13-5-2-1-3-6-13;;/h1-3,5-6,8-9,12,14,18H,4,7,10-11,24H2;2*1H/t14-,18+;;/m0../s1. The summed E-state index contributed by atoms with van der Waals surface area (Å²) in [6.07, 6.45) is -2.08. The zero-order valence-electron chi connectivity index (χ0n) is 14.5. The summed E-state index contributed by atoms with van der Waals surface area (Å²) in [5, 5.41) is 2.17. The Morgan fingerprint density at radius 1 is 1.07 bits per heavy atom. The van der Waals surface area contributed by atoms with Crippen molar-refractivity contribution in [3.05, 3.63) is 70.2 Å². The second kappa shape index (κ2) is 9.99. The number of nitrogens with two attached hydrogens (primary N) is 1. The monoisotopic (exact) mass is 440 g/mol. The van der Waals surface area contributed by atoms with E-state index in [1.807, 2.05) is 30.3 Å². The van der Waals surface area contributed by atoms with Gasteiger partial charge in [-0.15, -0.1) is 24.8 Å². The SMILES string of the molecule is Cl.Cl.NN1CCC[C@@H](Cc2cc(C(F)(F)F)ccc2Cl)[C@H]1c1ccccc1. The van der Waals surface area contributed by atoms with Crippen molar-refractivity contribution in [2.45, 2.75) is 31.5 Å². The number of nitrogens with zero attached hydrogens (tertiary/aromatic N) is 1. The largest absolute Gasteiger partial charge is 0.416 e. The summed E-state index contributed by atoms with van der Waals surface area (Å²) in [4.78, 5) is 0. The topological polar surface area (TPSA) is 29.3 Å². The first-order valence-corrected chi connectivity index (χ1v) is 8.66. The van der Waals surface area contributed by atoms with E-state index in [9.17, 15) is 13.2 Å². The molecule has 2 nitrogen and oxygen atoms in total. The fourth-order valence-electron chi connectivity index (χ4n) is 3.62. The summed E-state index contributed by atoms with van der Waals surface area (Å²) in [6.45, 7) is 0.770. The molecule has 0 amide bonds. The third-order valence-corrected chi connectivity index (χ3v) is 5.16. The van der Waals surface area contributed by atoms with Gasteiger partial charge in [-0.3, -0.25) is 5.84 Å². The first kappa shape index (κ1) is 24.1. The minimum Gasteiger partial charge on any atom is -0.268 e. The Labute approximate surface area is 174 Å². The molecule has 0 spiro atoms. The van der Waals surface area contributed by atoms with Gasteiger partial charge >= 0.3 is 6.18 Å². The van der Waals surface area contributed by atoms with Crippen molar-refractivity contribution in [1.29, 1.82) is 0 Å². The lowest BCUT2D eigenvalue weighted by molar-refractivity contribution is -0.137. The quantitative estimate of drug-likeness (QED) is 0.586. The average molecular weight is 442 g/mol. The van der Waals surface area contributed by atoms with Crippen molar-refractivity contribution in [2.75, 3.05) is 6.54 Å². The van der Waals surface area contributed by atoms with Crippen LogP contribution in [0.15, 0.2) is 48.5 Å². The van der Waals surface area contributed by atoms with Gasteiger partial charge in [0.2, 0.25) is 0 Å². The van der Waals surface area contributed by atoms with Crippen molar-refractivity contribution in [3.63, 3.8) is 0 Å². The summed E-state index contributed by atoms with van der Waals surface area (Å²) in [5.41, 5.74) is 0.944. The van der Waals surface area contributed by atoms with E-state index in [1.54, 1.807) is 5.01 Å². The number of rotatable bonds is 3. The van der Waals surface area contributed by atoms with Gasteiger partial charge in [-0.1, -0.05) is 41.9 Å². The van der Waals surface area contributed by atoms with E-state index < -0.39 is 11.7 Å². The zero-order valence-corrected chi connectivity index (χ0v) is 16.8. The van der Waals surface area contributed by atoms with Crippen LogP contribution in [0.4, 0.5) is 13.2 Å². The second-order valence-electron chi connectivity index (χ2n) is 6.50. The first-order chi connectivity index (χ1) is 11.9. The molecule has 27 heavy (non-hydrogen) atoms. The summed E-state index contributed by atoms with van der Waals surface area (Å²) < 4.78 is 39.0. The van der Waals surface area contributed by atoms with Crippen molar-refractivity contribution in [3.8, 4) is 0 Å². The van der Waals surface area contributed by atoms with Gasteiger partial charge in [0.1, 0.15) is 0 Å². The molecule has 1 saturated heterocycles. The van der Waals surface area contributed by atoms with Crippen LogP contribution in [-0.2, 0) is 12.6 Å². The smallest absolute Gasteiger partial charge is 0.268 e. The summed E-state index contributed by atoms with van der Waals surface area (Å²) in [5.74, 6) is 6.33. The van der Waals surface area contributed by atoms with Crippen LogP contribution in [0.3, 0.4) is 0 Å². The molecule has 1 fully saturated rings. The number of piperidine rings is 1. The van der Waals surface area contributed by atoms with E-state index in [1.165, 1.54) is 12.1 Å². The number of hydrogen-bond donors (Lipinski definition) is 1. The molecule has 1 aliphatic rings. The molecule has 1 heterocycles. The number of alkyl halides is 3. The lowest BCUT2D eigenvalue weighted by Gasteiger charge is -2.39. The minimum atomic E-state index is -4.37. The minimum absolute atomic E-state index is 0. The van der Waals surface area contributed by atoms with Crippen LogP contribution in [0.25, 0.3) is 0 Å². The Kier molecular flexibility index (Phi) is 8.90. The number of benzene rings is 2. The van der Waals surface area contributed by atoms with Crippen LogP contribution < -0.4 is 5.84 Å². The van der Waals surface area contributed by atoms with Gasteiger partial charge < -0.3 is 0 Å². The molecular weight excluding hydrogens is 420 g/mol. The number of halogens is 6. The zero-order chi connectivity index (χ0) is 18.0. The van der Waals surface area contributed by atoms with E-state index in [2.05, 4.69) is 0 Å². The molecule has 2 atom stereocenters.